The molecule has 14 heteroatoms. The number of carbonyl (C=O) groups is 1. The van der Waals surface area contributed by atoms with Crippen molar-refractivity contribution in [1.82, 2.24) is 5.32 Å². The zero-order valence-corrected chi connectivity index (χ0v) is 65.4. The van der Waals surface area contributed by atoms with Crippen LogP contribution in [0.3, 0.4) is 0 Å². The molecule has 2 aliphatic rings. The number of allylic oxidation sites excluding steroid dienone is 7. The van der Waals surface area contributed by atoms with Gasteiger partial charge in [-0.05, 0) is 64.2 Å². The van der Waals surface area contributed by atoms with Gasteiger partial charge in [0.05, 0.1) is 32.0 Å². The van der Waals surface area contributed by atoms with E-state index < -0.39 is 86.8 Å². The van der Waals surface area contributed by atoms with Crippen LogP contribution in [-0.2, 0) is 23.7 Å². The molecule has 2 aliphatic heterocycles. The second-order valence-electron chi connectivity index (χ2n) is 30.7. The Morgan fingerprint density at radius 3 is 1.03 bits per heavy atom. The van der Waals surface area contributed by atoms with Crippen LogP contribution in [0.2, 0.25) is 0 Å². The summed E-state index contributed by atoms with van der Waals surface area (Å²) < 4.78 is 22.9. The Bertz CT molecular complexity index is 1880. The van der Waals surface area contributed by atoms with Gasteiger partial charge < -0.3 is 65.1 Å². The van der Waals surface area contributed by atoms with E-state index in [0.717, 1.165) is 38.5 Å². The molecule has 12 unspecified atom stereocenters. The first kappa shape index (κ1) is 95.0. The van der Waals surface area contributed by atoms with Crippen LogP contribution in [0.25, 0.3) is 0 Å². The summed E-state index contributed by atoms with van der Waals surface area (Å²) >= 11 is 0. The average molecular weight is 1430 g/mol. The maximum absolute atomic E-state index is 13.4. The first-order valence-corrected chi connectivity index (χ1v) is 43.4. The molecule has 594 valence electrons. The molecule has 0 spiro atoms. The third-order valence-corrected chi connectivity index (χ3v) is 21.2. The Balaban J connectivity index is 1.57. The Hall–Kier alpha value is -2.05. The Labute approximate surface area is 620 Å². The lowest BCUT2D eigenvalue weighted by molar-refractivity contribution is -0.359. The molecule has 101 heavy (non-hydrogen) atoms. The van der Waals surface area contributed by atoms with E-state index in [2.05, 4.69) is 55.6 Å². The Morgan fingerprint density at radius 2 is 0.663 bits per heavy atom. The molecule has 2 fully saturated rings. The van der Waals surface area contributed by atoms with Gasteiger partial charge in [0, 0.05) is 6.42 Å². The van der Waals surface area contributed by atoms with E-state index >= 15 is 0 Å². The maximum atomic E-state index is 13.4. The summed E-state index contributed by atoms with van der Waals surface area (Å²) in [5, 5.41) is 87.8. The number of carbonyl (C=O) groups excluding carboxylic acids is 1. The summed E-state index contributed by atoms with van der Waals surface area (Å²) in [4.78, 5) is 13.4. The van der Waals surface area contributed by atoms with Gasteiger partial charge in [0.15, 0.2) is 12.6 Å². The molecule has 0 aromatic carbocycles. The van der Waals surface area contributed by atoms with Crippen molar-refractivity contribution in [2.75, 3.05) is 19.8 Å². The van der Waals surface area contributed by atoms with Gasteiger partial charge in [-0.3, -0.25) is 4.79 Å². The molecule has 0 radical (unpaired) electrons. The number of amides is 1. The second kappa shape index (κ2) is 70.9. The van der Waals surface area contributed by atoms with Gasteiger partial charge in [-0.1, -0.05) is 383 Å². The monoisotopic (exact) mass is 1430 g/mol. The lowest BCUT2D eigenvalue weighted by atomic mass is 9.97. The van der Waals surface area contributed by atoms with Gasteiger partial charge in [0.25, 0.3) is 0 Å². The van der Waals surface area contributed by atoms with Gasteiger partial charge in [0.1, 0.15) is 48.8 Å². The minimum Gasteiger partial charge on any atom is -0.394 e. The van der Waals surface area contributed by atoms with Gasteiger partial charge >= 0.3 is 0 Å². The van der Waals surface area contributed by atoms with Crippen LogP contribution >= 0.6 is 0 Å². The summed E-state index contributed by atoms with van der Waals surface area (Å²) in [6, 6.07) is -0.933. The van der Waals surface area contributed by atoms with Crippen LogP contribution in [0.15, 0.2) is 48.6 Å². The fraction of sp³-hybridized carbons (Fsp3) is 0.897. The number of hydrogen-bond acceptors (Lipinski definition) is 13. The third-order valence-electron chi connectivity index (χ3n) is 21.2. The third kappa shape index (κ3) is 53.4. The van der Waals surface area contributed by atoms with Gasteiger partial charge in [-0.15, -0.1) is 0 Å². The van der Waals surface area contributed by atoms with E-state index in [0.29, 0.717) is 12.8 Å². The summed E-state index contributed by atoms with van der Waals surface area (Å²) in [6.45, 7) is 2.84. The quantitative estimate of drug-likeness (QED) is 0.0204. The standard InChI is InChI=1S/C87H163NO13/c1-3-5-7-9-11-13-15-17-19-21-23-25-27-29-31-33-34-35-36-37-38-39-40-41-42-43-45-47-49-51-53-55-57-59-61-63-65-67-69-71-79(92)88-75(74-98-86-84(97)82(95)85(78(73-90)100-86)101-87-83(96)81(94)80(93)77(72-89)99-87)76(91)70-68-66-64-62-60-58-56-54-52-50-48-46-44-32-30-28-26-24-22-20-18-16-14-12-10-8-6-4-2/h15,17,21,23,60,62,68,70,75-78,80-87,89-91,93-97H,3-14,16,18-20,22,24-59,61,63-67,69,71-74H2,1-2H3,(H,88,92)/b17-15-,23-21-,62-60+,70-68+. The summed E-state index contributed by atoms with van der Waals surface area (Å²) in [6.07, 6.45) is 79.4. The summed E-state index contributed by atoms with van der Waals surface area (Å²) in [5.41, 5.74) is 0. The smallest absolute Gasteiger partial charge is 0.220 e. The summed E-state index contributed by atoms with van der Waals surface area (Å²) in [7, 11) is 0. The fourth-order valence-corrected chi connectivity index (χ4v) is 14.4. The van der Waals surface area contributed by atoms with Crippen molar-refractivity contribution in [3.63, 3.8) is 0 Å². The van der Waals surface area contributed by atoms with E-state index in [-0.39, 0.29) is 18.9 Å². The van der Waals surface area contributed by atoms with E-state index in [1.165, 1.54) is 334 Å². The number of nitrogens with one attached hydrogen (secondary N) is 1. The Morgan fingerprint density at radius 1 is 0.356 bits per heavy atom. The molecule has 0 saturated carbocycles. The normalized spacial score (nSPS) is 21.9. The van der Waals surface area contributed by atoms with Gasteiger partial charge in [-0.2, -0.15) is 0 Å². The number of rotatable bonds is 74. The minimum atomic E-state index is -1.79. The number of hydrogen-bond donors (Lipinski definition) is 9. The van der Waals surface area contributed by atoms with Gasteiger partial charge in [-0.25, -0.2) is 0 Å². The van der Waals surface area contributed by atoms with Crippen LogP contribution in [0.5, 0.6) is 0 Å². The van der Waals surface area contributed by atoms with Crippen molar-refractivity contribution in [2.24, 2.45) is 0 Å². The van der Waals surface area contributed by atoms with Crippen LogP contribution in [0.4, 0.5) is 0 Å². The predicted molar refractivity (Wildman–Crippen MR) is 420 cm³/mol. The molecule has 0 aliphatic carbocycles. The zero-order chi connectivity index (χ0) is 73.0. The molecular formula is C87H163NO13. The molecule has 2 heterocycles. The number of aliphatic hydroxyl groups excluding tert-OH is 8. The molecule has 0 aromatic rings. The molecule has 1 amide bonds. The largest absolute Gasteiger partial charge is 0.394 e. The first-order valence-electron chi connectivity index (χ1n) is 43.4. The SMILES string of the molecule is CCCCCCC/C=C\C/C=C\CCCCCCCCCCCCCCCCCCCCCCCCCCCCCC(=O)NC(COC1OC(CO)C(OC2OC(CO)C(O)C(O)C2O)C(O)C1O)C(O)/C=C/CC/C=C/CCCCCCCCCCCCCCCCCCCCCCCC. The molecule has 9 N–H and O–H groups in total. The highest BCUT2D eigenvalue weighted by molar-refractivity contribution is 5.76. The molecule has 12 atom stereocenters. The van der Waals surface area contributed by atoms with Crippen molar-refractivity contribution in [2.45, 2.75) is 479 Å². The van der Waals surface area contributed by atoms with E-state index in [1.54, 1.807) is 6.08 Å². The minimum absolute atomic E-state index is 0.240. The second-order valence-corrected chi connectivity index (χ2v) is 30.7. The topological polar surface area (TPSA) is 228 Å². The van der Waals surface area contributed by atoms with Crippen molar-refractivity contribution in [3.8, 4) is 0 Å². The number of aliphatic hydroxyl groups is 8. The van der Waals surface area contributed by atoms with E-state index in [4.69, 9.17) is 18.9 Å². The van der Waals surface area contributed by atoms with Crippen molar-refractivity contribution < 1.29 is 64.6 Å². The zero-order valence-electron chi connectivity index (χ0n) is 65.4. The number of ether oxygens (including phenoxy) is 4. The van der Waals surface area contributed by atoms with Crippen molar-refractivity contribution >= 4 is 5.91 Å². The Kier molecular flexibility index (Phi) is 66.7. The van der Waals surface area contributed by atoms with E-state index in [1.807, 2.05) is 6.08 Å². The van der Waals surface area contributed by atoms with E-state index in [9.17, 15) is 45.6 Å². The molecule has 0 aromatic heterocycles. The average Bonchev–Trinajstić information content (AvgIpc) is 0.790. The van der Waals surface area contributed by atoms with Gasteiger partial charge in [0.2, 0.25) is 5.91 Å². The van der Waals surface area contributed by atoms with Crippen molar-refractivity contribution in [3.05, 3.63) is 48.6 Å². The molecule has 14 nitrogen and oxygen atoms in total. The first-order chi connectivity index (χ1) is 49.6. The maximum Gasteiger partial charge on any atom is 0.220 e. The molecular weight excluding hydrogens is 1270 g/mol. The fourth-order valence-electron chi connectivity index (χ4n) is 14.4. The highest BCUT2D eigenvalue weighted by Gasteiger charge is 2.51. The number of unbranched alkanes of at least 4 members (excludes halogenated alkanes) is 55. The van der Waals surface area contributed by atoms with Crippen LogP contribution in [0, 0.1) is 0 Å². The molecule has 0 bridgehead atoms. The highest BCUT2D eigenvalue weighted by atomic mass is 16.7. The van der Waals surface area contributed by atoms with Crippen LogP contribution in [-0.4, -0.2) is 140 Å². The van der Waals surface area contributed by atoms with Crippen LogP contribution < -0.4 is 5.32 Å². The lowest BCUT2D eigenvalue weighted by Gasteiger charge is -2.46. The molecule has 2 rings (SSSR count). The predicted octanol–water partition coefficient (Wildman–Crippen LogP) is 20.5. The van der Waals surface area contributed by atoms with Crippen molar-refractivity contribution in [1.29, 1.82) is 0 Å². The molecule has 2 saturated heterocycles. The summed E-state index contributed by atoms with van der Waals surface area (Å²) in [5.74, 6) is -0.240. The lowest BCUT2D eigenvalue weighted by Crippen LogP contribution is -2.65. The van der Waals surface area contributed by atoms with Crippen LogP contribution in [0.1, 0.15) is 406 Å². The highest BCUT2D eigenvalue weighted by Crippen LogP contribution is 2.30.